The van der Waals surface area contributed by atoms with Crippen LogP contribution >= 0.6 is 15.9 Å². The number of benzene rings is 1. The first-order valence-corrected chi connectivity index (χ1v) is 9.98. The quantitative estimate of drug-likeness (QED) is 0.463. The van der Waals surface area contributed by atoms with Gasteiger partial charge in [0.15, 0.2) is 0 Å². The summed E-state index contributed by atoms with van der Waals surface area (Å²) in [5.74, 6) is 0.833. The Morgan fingerprint density at radius 2 is 2.04 bits per heavy atom. The van der Waals surface area contributed by atoms with E-state index in [0.717, 1.165) is 55.6 Å². The highest BCUT2D eigenvalue weighted by molar-refractivity contribution is 9.10. The molecule has 0 saturated carbocycles. The fourth-order valence-electron chi connectivity index (χ4n) is 3.29. The largest absolute Gasteiger partial charge is 0.494 e. The number of carbonyl (C=O) groups excluding carboxylic acids is 1. The lowest BCUT2D eigenvalue weighted by molar-refractivity contribution is -0.145. The first-order chi connectivity index (χ1) is 11.9. The number of rotatable bonds is 8. The average molecular weight is 412 g/mol. The summed E-state index contributed by atoms with van der Waals surface area (Å²) in [5.41, 5.74) is 1.54. The summed E-state index contributed by atoms with van der Waals surface area (Å²) >= 11 is 3.51. The van der Waals surface area contributed by atoms with Crippen molar-refractivity contribution in [3.8, 4) is 5.75 Å². The number of hydrogen-bond acceptors (Lipinski definition) is 4. The Labute approximate surface area is 160 Å². The normalized spacial score (nSPS) is 17.3. The van der Waals surface area contributed by atoms with E-state index in [-0.39, 0.29) is 5.97 Å². The zero-order valence-corrected chi connectivity index (χ0v) is 17.2. The molecule has 0 N–H and O–H groups in total. The third-order valence-electron chi connectivity index (χ3n) is 5.04. The molecule has 0 spiro atoms. The van der Waals surface area contributed by atoms with E-state index in [1.54, 1.807) is 0 Å². The van der Waals surface area contributed by atoms with Crippen LogP contribution in [-0.4, -0.2) is 43.7 Å². The highest BCUT2D eigenvalue weighted by Crippen LogP contribution is 2.35. The number of nitrogens with zero attached hydrogens (tertiary/aromatic N) is 1. The van der Waals surface area contributed by atoms with Crippen LogP contribution in [0.25, 0.3) is 0 Å². The summed E-state index contributed by atoms with van der Waals surface area (Å²) in [7, 11) is 0. The van der Waals surface area contributed by atoms with Crippen molar-refractivity contribution in [2.75, 3.05) is 32.8 Å². The molecule has 4 nitrogen and oxygen atoms in total. The first-order valence-electron chi connectivity index (χ1n) is 9.19. The van der Waals surface area contributed by atoms with Crippen LogP contribution in [0.4, 0.5) is 0 Å². The maximum atomic E-state index is 11.6. The Hall–Kier alpha value is -1.07. The van der Waals surface area contributed by atoms with Gasteiger partial charge in [0, 0.05) is 4.47 Å². The summed E-state index contributed by atoms with van der Waals surface area (Å²) in [5, 5.41) is 0. The molecule has 0 bridgehead atoms. The van der Waals surface area contributed by atoms with Gasteiger partial charge in [0.1, 0.15) is 5.75 Å². The lowest BCUT2D eigenvalue weighted by Gasteiger charge is -2.39. The van der Waals surface area contributed by atoms with E-state index < -0.39 is 0 Å². The van der Waals surface area contributed by atoms with E-state index in [1.807, 2.05) is 19.1 Å². The van der Waals surface area contributed by atoms with E-state index in [4.69, 9.17) is 9.47 Å². The van der Waals surface area contributed by atoms with Crippen molar-refractivity contribution in [3.05, 3.63) is 28.2 Å². The van der Waals surface area contributed by atoms with E-state index in [0.29, 0.717) is 18.6 Å². The minimum atomic E-state index is -0.107. The molecular weight excluding hydrogens is 382 g/mol. The Morgan fingerprint density at radius 1 is 1.32 bits per heavy atom. The van der Waals surface area contributed by atoms with Gasteiger partial charge in [-0.3, -0.25) is 9.69 Å². The van der Waals surface area contributed by atoms with Gasteiger partial charge in [-0.25, -0.2) is 0 Å². The van der Waals surface area contributed by atoms with Crippen molar-refractivity contribution >= 4 is 21.9 Å². The summed E-state index contributed by atoms with van der Waals surface area (Å²) in [6.45, 7) is 9.87. The third-order valence-corrected chi connectivity index (χ3v) is 5.93. The van der Waals surface area contributed by atoms with Crippen LogP contribution in [-0.2, 0) is 9.53 Å². The van der Waals surface area contributed by atoms with Gasteiger partial charge in [0.2, 0.25) is 0 Å². The van der Waals surface area contributed by atoms with E-state index in [2.05, 4.69) is 40.7 Å². The minimum Gasteiger partial charge on any atom is -0.494 e. The molecule has 1 aliphatic rings. The summed E-state index contributed by atoms with van der Waals surface area (Å²) in [6.07, 6.45) is 4.48. The third kappa shape index (κ3) is 6.63. The molecule has 0 unspecified atom stereocenters. The summed E-state index contributed by atoms with van der Waals surface area (Å²) < 4.78 is 12.0. The number of piperidine rings is 1. The van der Waals surface area contributed by atoms with Crippen molar-refractivity contribution in [3.63, 3.8) is 0 Å². The van der Waals surface area contributed by atoms with Crippen LogP contribution in [0.1, 0.15) is 45.1 Å². The monoisotopic (exact) mass is 411 g/mol. The Kier molecular flexibility index (Phi) is 7.76. The highest BCUT2D eigenvalue weighted by atomic mass is 79.9. The van der Waals surface area contributed by atoms with Crippen LogP contribution in [0, 0.1) is 12.3 Å². The van der Waals surface area contributed by atoms with Crippen LogP contribution in [0.3, 0.4) is 0 Å². The maximum absolute atomic E-state index is 11.6. The number of carbonyl (C=O) groups is 1. The topological polar surface area (TPSA) is 38.8 Å². The predicted molar refractivity (Wildman–Crippen MR) is 104 cm³/mol. The number of esters is 1. The number of halogens is 1. The number of ether oxygens (including phenoxy) is 2. The summed E-state index contributed by atoms with van der Waals surface area (Å²) in [4.78, 5) is 13.8. The molecule has 1 fully saturated rings. The first kappa shape index (κ1) is 20.2. The smallest absolute Gasteiger partial charge is 0.320 e. The van der Waals surface area contributed by atoms with Gasteiger partial charge in [-0.1, -0.05) is 22.9 Å². The highest BCUT2D eigenvalue weighted by Gasteiger charge is 2.30. The average Bonchev–Trinajstić information content (AvgIpc) is 2.57. The number of aryl methyl sites for hydroxylation is 1. The van der Waals surface area contributed by atoms with Gasteiger partial charge < -0.3 is 9.47 Å². The predicted octanol–water partition coefficient (Wildman–Crippen LogP) is 4.58. The van der Waals surface area contributed by atoms with Gasteiger partial charge in [-0.2, -0.15) is 0 Å². The van der Waals surface area contributed by atoms with E-state index in [1.165, 1.54) is 5.56 Å². The standard InChI is InChI=1S/C20H30BrNO3/c1-4-24-19(23)15-22-11-9-20(3,10-12-22)8-5-13-25-17-6-7-18(21)16(2)14-17/h6-7,14H,4-5,8-13,15H2,1-3H3. The zero-order chi connectivity index (χ0) is 18.3. The lowest BCUT2D eigenvalue weighted by atomic mass is 9.77. The number of hydrogen-bond donors (Lipinski definition) is 0. The van der Waals surface area contributed by atoms with Crippen molar-refractivity contribution in [2.45, 2.75) is 46.5 Å². The number of likely N-dealkylation sites (tertiary alicyclic amines) is 1. The molecule has 1 saturated heterocycles. The van der Waals surface area contributed by atoms with Gasteiger partial charge in [0.25, 0.3) is 0 Å². The molecule has 0 aliphatic carbocycles. The second-order valence-electron chi connectivity index (χ2n) is 7.25. The van der Waals surface area contributed by atoms with Crippen molar-refractivity contribution in [2.24, 2.45) is 5.41 Å². The molecule has 1 aromatic rings. The van der Waals surface area contributed by atoms with E-state index >= 15 is 0 Å². The fourth-order valence-corrected chi connectivity index (χ4v) is 3.53. The second-order valence-corrected chi connectivity index (χ2v) is 8.11. The zero-order valence-electron chi connectivity index (χ0n) is 15.6. The van der Waals surface area contributed by atoms with Gasteiger partial charge in [0.05, 0.1) is 19.8 Å². The minimum absolute atomic E-state index is 0.107. The fraction of sp³-hybridized carbons (Fsp3) is 0.650. The molecule has 0 radical (unpaired) electrons. The van der Waals surface area contributed by atoms with Gasteiger partial charge in [-0.15, -0.1) is 0 Å². The van der Waals surface area contributed by atoms with Crippen LogP contribution in [0.15, 0.2) is 22.7 Å². The van der Waals surface area contributed by atoms with Crippen molar-refractivity contribution in [1.29, 1.82) is 0 Å². The molecule has 1 aromatic carbocycles. The molecule has 2 rings (SSSR count). The molecular formula is C20H30BrNO3. The van der Waals surface area contributed by atoms with Crippen LogP contribution in [0.2, 0.25) is 0 Å². The molecule has 1 heterocycles. The van der Waals surface area contributed by atoms with Crippen molar-refractivity contribution in [1.82, 2.24) is 4.90 Å². The molecule has 25 heavy (non-hydrogen) atoms. The molecule has 1 aliphatic heterocycles. The molecule has 140 valence electrons. The second kappa shape index (κ2) is 9.58. The Morgan fingerprint density at radius 3 is 2.68 bits per heavy atom. The molecule has 5 heteroatoms. The van der Waals surface area contributed by atoms with Crippen LogP contribution in [0.5, 0.6) is 5.75 Å². The van der Waals surface area contributed by atoms with Gasteiger partial charge in [-0.05, 0) is 81.8 Å². The van der Waals surface area contributed by atoms with E-state index in [9.17, 15) is 4.79 Å². The molecule has 0 atom stereocenters. The van der Waals surface area contributed by atoms with Crippen molar-refractivity contribution < 1.29 is 14.3 Å². The SMILES string of the molecule is CCOC(=O)CN1CCC(C)(CCCOc2ccc(Br)c(C)c2)CC1. The lowest BCUT2D eigenvalue weighted by Crippen LogP contribution is -2.41. The van der Waals surface area contributed by atoms with Gasteiger partial charge >= 0.3 is 5.97 Å². The van der Waals surface area contributed by atoms with Crippen LogP contribution < -0.4 is 4.74 Å². The Balaban J connectivity index is 1.67. The molecule has 0 aromatic heterocycles. The molecule has 0 amide bonds. The Bertz CT molecular complexity index is 568. The maximum Gasteiger partial charge on any atom is 0.320 e. The summed E-state index contributed by atoms with van der Waals surface area (Å²) in [6, 6.07) is 6.11.